The van der Waals surface area contributed by atoms with E-state index >= 15 is 0 Å². The van der Waals surface area contributed by atoms with Crippen molar-refractivity contribution in [2.45, 2.75) is 51.7 Å². The molecule has 1 aromatic carbocycles. The molecule has 0 saturated heterocycles. The van der Waals surface area contributed by atoms with Crippen LogP contribution in [0.5, 0.6) is 0 Å². The molecule has 120 valence electrons. The molecule has 1 aromatic rings. The number of aryl methyl sites for hydroxylation is 1. The van der Waals surface area contributed by atoms with Crippen LogP contribution in [-0.4, -0.2) is 29.2 Å². The summed E-state index contributed by atoms with van der Waals surface area (Å²) in [5.41, 5.74) is 2.21. The summed E-state index contributed by atoms with van der Waals surface area (Å²) in [6, 6.07) is 6.55. The Morgan fingerprint density at radius 3 is 2.82 bits per heavy atom. The lowest BCUT2D eigenvalue weighted by atomic mass is 9.87. The molecule has 1 amide bonds. The number of nitrogens with zero attached hydrogens (tertiary/aromatic N) is 1. The summed E-state index contributed by atoms with van der Waals surface area (Å²) in [7, 11) is 0. The zero-order chi connectivity index (χ0) is 16.3. The Hall–Kier alpha value is -1.29. The van der Waals surface area contributed by atoms with E-state index in [-0.39, 0.29) is 12.1 Å². The van der Waals surface area contributed by atoms with Gasteiger partial charge in [0.15, 0.2) is 0 Å². The Bertz CT molecular complexity index is 563. The van der Waals surface area contributed by atoms with E-state index in [2.05, 4.69) is 40.7 Å². The number of amides is 1. The first kappa shape index (κ1) is 17.1. The number of benzene rings is 1. The SMILES string of the molecule is C=CCN(C(=O)OC(C)(C)C)[C@@H]1CCc2cc(Br)ccc2C1. The maximum atomic E-state index is 12.5. The second-order valence-corrected chi connectivity index (χ2v) is 7.65. The van der Waals surface area contributed by atoms with Gasteiger partial charge in [0.05, 0.1) is 0 Å². The number of halogens is 1. The third-order valence-electron chi connectivity index (χ3n) is 3.77. The van der Waals surface area contributed by atoms with Crippen LogP contribution in [0, 0.1) is 0 Å². The van der Waals surface area contributed by atoms with Gasteiger partial charge in [-0.15, -0.1) is 6.58 Å². The fraction of sp³-hybridized carbons (Fsp3) is 0.500. The third-order valence-corrected chi connectivity index (χ3v) is 4.26. The standard InChI is InChI=1S/C18H24BrNO2/c1-5-10-20(17(21)22-18(2,3)4)16-9-7-13-11-15(19)8-6-14(13)12-16/h5-6,8,11,16H,1,7,9-10,12H2,2-4H3/t16-/m1/s1. The fourth-order valence-corrected chi connectivity index (χ4v) is 3.21. The Morgan fingerprint density at radius 2 is 2.18 bits per heavy atom. The van der Waals surface area contributed by atoms with Gasteiger partial charge in [0, 0.05) is 17.1 Å². The van der Waals surface area contributed by atoms with Crippen LogP contribution in [0.4, 0.5) is 4.79 Å². The molecule has 0 heterocycles. The molecule has 1 aliphatic carbocycles. The van der Waals surface area contributed by atoms with Crippen molar-refractivity contribution in [1.29, 1.82) is 0 Å². The highest BCUT2D eigenvalue weighted by molar-refractivity contribution is 9.10. The van der Waals surface area contributed by atoms with Crippen LogP contribution in [0.1, 0.15) is 38.3 Å². The van der Waals surface area contributed by atoms with E-state index in [9.17, 15) is 4.79 Å². The molecule has 2 rings (SSSR count). The van der Waals surface area contributed by atoms with Gasteiger partial charge >= 0.3 is 6.09 Å². The Balaban J connectivity index is 2.15. The zero-order valence-electron chi connectivity index (χ0n) is 13.6. The predicted molar refractivity (Wildman–Crippen MR) is 93.1 cm³/mol. The molecule has 0 spiro atoms. The molecule has 22 heavy (non-hydrogen) atoms. The number of carbonyl (C=O) groups is 1. The van der Waals surface area contributed by atoms with Crippen molar-refractivity contribution in [1.82, 2.24) is 4.90 Å². The van der Waals surface area contributed by atoms with Crippen molar-refractivity contribution >= 4 is 22.0 Å². The van der Waals surface area contributed by atoms with Gasteiger partial charge in [0.25, 0.3) is 0 Å². The largest absolute Gasteiger partial charge is 0.444 e. The van der Waals surface area contributed by atoms with Gasteiger partial charge < -0.3 is 9.64 Å². The van der Waals surface area contributed by atoms with E-state index in [1.807, 2.05) is 25.7 Å². The number of hydrogen-bond acceptors (Lipinski definition) is 2. The Kier molecular flexibility index (Phi) is 5.32. The first-order valence-corrected chi connectivity index (χ1v) is 8.47. The van der Waals surface area contributed by atoms with Gasteiger partial charge in [-0.25, -0.2) is 4.79 Å². The smallest absolute Gasteiger partial charge is 0.410 e. The summed E-state index contributed by atoms with van der Waals surface area (Å²) in [5.74, 6) is 0. The molecule has 0 aliphatic heterocycles. The van der Waals surface area contributed by atoms with Gasteiger partial charge in [-0.2, -0.15) is 0 Å². The molecular formula is C18H24BrNO2. The van der Waals surface area contributed by atoms with Crippen molar-refractivity contribution < 1.29 is 9.53 Å². The highest BCUT2D eigenvalue weighted by Crippen LogP contribution is 2.28. The lowest BCUT2D eigenvalue weighted by Crippen LogP contribution is -2.45. The molecule has 0 fully saturated rings. The Labute approximate surface area is 141 Å². The van der Waals surface area contributed by atoms with Crippen LogP contribution in [0.3, 0.4) is 0 Å². The quantitative estimate of drug-likeness (QED) is 0.724. The lowest BCUT2D eigenvalue weighted by molar-refractivity contribution is 0.0175. The Morgan fingerprint density at radius 1 is 1.45 bits per heavy atom. The molecule has 1 atom stereocenters. The molecule has 0 saturated carbocycles. The van der Waals surface area contributed by atoms with Crippen LogP contribution in [0.15, 0.2) is 35.3 Å². The first-order valence-electron chi connectivity index (χ1n) is 7.68. The second kappa shape index (κ2) is 6.86. The lowest BCUT2D eigenvalue weighted by Gasteiger charge is -2.35. The highest BCUT2D eigenvalue weighted by Gasteiger charge is 2.30. The molecule has 0 unspecified atom stereocenters. The van der Waals surface area contributed by atoms with Crippen molar-refractivity contribution in [3.63, 3.8) is 0 Å². The minimum Gasteiger partial charge on any atom is -0.444 e. The van der Waals surface area contributed by atoms with Crippen LogP contribution in [0.2, 0.25) is 0 Å². The summed E-state index contributed by atoms with van der Waals surface area (Å²) in [6.07, 6.45) is 4.32. The van der Waals surface area contributed by atoms with Crippen LogP contribution in [-0.2, 0) is 17.6 Å². The monoisotopic (exact) mass is 365 g/mol. The fourth-order valence-electron chi connectivity index (χ4n) is 2.80. The molecule has 0 aromatic heterocycles. The molecule has 4 heteroatoms. The summed E-state index contributed by atoms with van der Waals surface area (Å²) < 4.78 is 6.66. The predicted octanol–water partition coefficient (Wildman–Crippen LogP) is 4.73. The van der Waals surface area contributed by atoms with Crippen molar-refractivity contribution in [2.75, 3.05) is 6.54 Å². The molecule has 3 nitrogen and oxygen atoms in total. The van der Waals surface area contributed by atoms with Gasteiger partial charge in [0.1, 0.15) is 5.60 Å². The van der Waals surface area contributed by atoms with Gasteiger partial charge in [-0.3, -0.25) is 0 Å². The van der Waals surface area contributed by atoms with E-state index < -0.39 is 5.60 Å². The number of fused-ring (bicyclic) bond motifs is 1. The van der Waals surface area contributed by atoms with Crippen LogP contribution in [0.25, 0.3) is 0 Å². The number of rotatable bonds is 3. The molecule has 0 radical (unpaired) electrons. The summed E-state index contributed by atoms with van der Waals surface area (Å²) in [6.45, 7) is 9.97. The number of ether oxygens (including phenoxy) is 1. The average molecular weight is 366 g/mol. The van der Waals surface area contributed by atoms with Crippen LogP contribution >= 0.6 is 15.9 Å². The average Bonchev–Trinajstić information content (AvgIpc) is 2.42. The summed E-state index contributed by atoms with van der Waals surface area (Å²) in [4.78, 5) is 14.3. The van der Waals surface area contributed by atoms with Gasteiger partial charge in [-0.05, 0) is 63.3 Å². The zero-order valence-corrected chi connectivity index (χ0v) is 15.1. The van der Waals surface area contributed by atoms with E-state index in [0.29, 0.717) is 6.54 Å². The maximum Gasteiger partial charge on any atom is 0.410 e. The van der Waals surface area contributed by atoms with E-state index in [1.54, 1.807) is 6.08 Å². The normalized spacial score (nSPS) is 17.5. The topological polar surface area (TPSA) is 29.5 Å². The third kappa shape index (κ3) is 4.35. The van der Waals surface area contributed by atoms with Gasteiger partial charge in [-0.1, -0.05) is 28.1 Å². The van der Waals surface area contributed by atoms with Gasteiger partial charge in [0.2, 0.25) is 0 Å². The molecule has 0 N–H and O–H groups in total. The molecule has 0 bridgehead atoms. The minimum absolute atomic E-state index is 0.168. The number of hydrogen-bond donors (Lipinski definition) is 0. The second-order valence-electron chi connectivity index (χ2n) is 6.73. The highest BCUT2D eigenvalue weighted by atomic mass is 79.9. The van der Waals surface area contributed by atoms with Crippen molar-refractivity contribution in [2.24, 2.45) is 0 Å². The number of carbonyl (C=O) groups excluding carboxylic acids is 1. The maximum absolute atomic E-state index is 12.5. The van der Waals surface area contributed by atoms with Crippen molar-refractivity contribution in [3.8, 4) is 0 Å². The summed E-state index contributed by atoms with van der Waals surface area (Å²) >= 11 is 3.52. The van der Waals surface area contributed by atoms with E-state index in [1.165, 1.54) is 11.1 Å². The minimum atomic E-state index is -0.478. The molecular weight excluding hydrogens is 342 g/mol. The van der Waals surface area contributed by atoms with E-state index in [4.69, 9.17) is 4.74 Å². The molecule has 1 aliphatic rings. The summed E-state index contributed by atoms with van der Waals surface area (Å²) in [5, 5.41) is 0. The van der Waals surface area contributed by atoms with E-state index in [0.717, 1.165) is 23.7 Å². The van der Waals surface area contributed by atoms with Crippen LogP contribution < -0.4 is 0 Å². The van der Waals surface area contributed by atoms with Crippen molar-refractivity contribution in [3.05, 3.63) is 46.5 Å². The first-order chi connectivity index (χ1) is 10.3.